The Morgan fingerprint density at radius 3 is 2.78 bits per heavy atom. The molecule has 3 heterocycles. The fourth-order valence-electron chi connectivity index (χ4n) is 4.93. The van der Waals surface area contributed by atoms with Crippen molar-refractivity contribution in [1.29, 1.82) is 0 Å². The van der Waals surface area contributed by atoms with Crippen LogP contribution in [0.3, 0.4) is 0 Å². The van der Waals surface area contributed by atoms with Crippen molar-refractivity contribution >= 4 is 0 Å². The number of benzene rings is 1. The zero-order valence-electron chi connectivity index (χ0n) is 15.9. The summed E-state index contributed by atoms with van der Waals surface area (Å²) in [4.78, 5) is 2.37. The highest BCUT2D eigenvalue weighted by molar-refractivity contribution is 5.53. The molecule has 0 amide bonds. The van der Waals surface area contributed by atoms with Crippen LogP contribution < -0.4 is 9.47 Å². The lowest BCUT2D eigenvalue weighted by Gasteiger charge is -2.46. The number of fused-ring (bicyclic) bond motifs is 6. The molecule has 0 radical (unpaired) electrons. The third kappa shape index (κ3) is 2.78. The van der Waals surface area contributed by atoms with Gasteiger partial charge in [0.05, 0.1) is 18.8 Å². The van der Waals surface area contributed by atoms with E-state index in [2.05, 4.69) is 24.9 Å². The zero-order valence-corrected chi connectivity index (χ0v) is 15.9. The van der Waals surface area contributed by atoms with E-state index in [-0.39, 0.29) is 24.9 Å². The van der Waals surface area contributed by atoms with Crippen LogP contribution in [0.15, 0.2) is 23.8 Å². The van der Waals surface area contributed by atoms with Gasteiger partial charge in [-0.05, 0) is 37.6 Å². The Bertz CT molecular complexity index is 763. The Kier molecular flexibility index (Phi) is 4.39. The molecule has 0 aromatic heterocycles. The third-order valence-corrected chi connectivity index (χ3v) is 6.26. The Morgan fingerprint density at radius 2 is 2.00 bits per heavy atom. The fraction of sp³-hybridized carbons (Fsp3) is 0.619. The number of nitrogens with zero attached hydrogens (tertiary/aromatic N) is 1. The number of unbranched alkanes of at least 4 members (excludes halogenated alkanes) is 1. The van der Waals surface area contributed by atoms with E-state index >= 15 is 0 Å². The van der Waals surface area contributed by atoms with Crippen LogP contribution in [-0.4, -0.2) is 55.2 Å². The maximum atomic E-state index is 10.8. The highest BCUT2D eigenvalue weighted by Crippen LogP contribution is 2.51. The molecular weight excluding hydrogens is 346 g/mol. The molecule has 6 heteroatoms. The van der Waals surface area contributed by atoms with Crippen molar-refractivity contribution in [3.8, 4) is 11.5 Å². The van der Waals surface area contributed by atoms with Gasteiger partial charge in [0.1, 0.15) is 0 Å². The molecule has 0 spiro atoms. The second-order valence-electron chi connectivity index (χ2n) is 7.92. The first-order valence-electron chi connectivity index (χ1n) is 9.96. The van der Waals surface area contributed by atoms with Crippen molar-refractivity contribution in [3.05, 3.63) is 34.9 Å². The van der Waals surface area contributed by atoms with Crippen LogP contribution in [0, 0.1) is 0 Å². The second-order valence-corrected chi connectivity index (χ2v) is 7.92. The van der Waals surface area contributed by atoms with Gasteiger partial charge in [0.25, 0.3) is 0 Å². The predicted octanol–water partition coefficient (Wildman–Crippen LogP) is 2.72. The summed E-state index contributed by atoms with van der Waals surface area (Å²) in [5, 5.41) is 10.8. The van der Waals surface area contributed by atoms with Gasteiger partial charge >= 0.3 is 0 Å². The molecule has 5 rings (SSSR count). The summed E-state index contributed by atoms with van der Waals surface area (Å²) < 4.78 is 23.7. The van der Waals surface area contributed by atoms with Crippen molar-refractivity contribution in [2.75, 3.05) is 27.0 Å². The van der Waals surface area contributed by atoms with Gasteiger partial charge in [-0.2, -0.15) is 0 Å². The summed E-state index contributed by atoms with van der Waals surface area (Å²) in [5.41, 5.74) is 3.47. The molecule has 27 heavy (non-hydrogen) atoms. The van der Waals surface area contributed by atoms with Gasteiger partial charge in [-0.15, -0.1) is 0 Å². The van der Waals surface area contributed by atoms with Gasteiger partial charge in [-0.1, -0.05) is 25.0 Å². The molecule has 3 aliphatic heterocycles. The lowest BCUT2D eigenvalue weighted by atomic mass is 9.73. The van der Waals surface area contributed by atoms with Crippen LogP contribution in [0.25, 0.3) is 0 Å². The van der Waals surface area contributed by atoms with Gasteiger partial charge in [0.2, 0.25) is 6.79 Å². The molecule has 1 saturated heterocycles. The molecule has 6 nitrogen and oxygen atoms in total. The maximum Gasteiger partial charge on any atom is 0.231 e. The lowest BCUT2D eigenvalue weighted by molar-refractivity contribution is -0.211. The van der Waals surface area contributed by atoms with E-state index in [0.717, 1.165) is 48.4 Å². The average Bonchev–Trinajstić information content (AvgIpc) is 3.26. The lowest BCUT2D eigenvalue weighted by Crippen LogP contribution is -2.50. The monoisotopic (exact) mass is 373 g/mol. The van der Waals surface area contributed by atoms with Crippen molar-refractivity contribution in [2.45, 2.75) is 56.6 Å². The average molecular weight is 373 g/mol. The molecule has 1 N–H and O–H groups in total. The van der Waals surface area contributed by atoms with Crippen LogP contribution in [0.4, 0.5) is 0 Å². The van der Waals surface area contributed by atoms with Crippen molar-refractivity contribution in [3.63, 3.8) is 0 Å². The number of aliphatic hydroxyl groups excluding tert-OH is 1. The number of aliphatic hydroxyl groups is 1. The topological polar surface area (TPSA) is 60.4 Å². The largest absolute Gasteiger partial charge is 0.454 e. The van der Waals surface area contributed by atoms with E-state index in [0.29, 0.717) is 6.61 Å². The van der Waals surface area contributed by atoms with Gasteiger partial charge in [-0.3, -0.25) is 4.90 Å². The molecule has 5 atom stereocenters. The summed E-state index contributed by atoms with van der Waals surface area (Å²) in [5.74, 6) is 1.57. The molecule has 1 aromatic carbocycles. The summed E-state index contributed by atoms with van der Waals surface area (Å²) in [6.45, 7) is 4.02. The molecule has 0 unspecified atom stereocenters. The molecule has 0 bridgehead atoms. The summed E-state index contributed by atoms with van der Waals surface area (Å²) in [6, 6.07) is 4.33. The van der Waals surface area contributed by atoms with E-state index in [4.69, 9.17) is 18.9 Å². The highest BCUT2D eigenvalue weighted by Gasteiger charge is 2.50. The number of likely N-dealkylation sites (N-methyl/N-ethyl adjacent to an activating group) is 1. The number of ether oxygens (including phenoxy) is 4. The first-order chi connectivity index (χ1) is 13.2. The van der Waals surface area contributed by atoms with Crippen molar-refractivity contribution in [1.82, 2.24) is 4.90 Å². The minimum absolute atomic E-state index is 0.0584. The Morgan fingerprint density at radius 1 is 1.22 bits per heavy atom. The zero-order chi connectivity index (χ0) is 18.5. The fourth-order valence-corrected chi connectivity index (χ4v) is 4.93. The first-order valence-corrected chi connectivity index (χ1v) is 9.96. The third-order valence-electron chi connectivity index (χ3n) is 6.26. The van der Waals surface area contributed by atoms with Gasteiger partial charge in [-0.25, -0.2) is 0 Å². The number of hydrogen-bond donors (Lipinski definition) is 1. The SMILES string of the molecule is CCCCO[C@H]1O[C@H]2[C@@H](c3cc4c(cc31)OCO4)[C@H]1C(=C[C@@H]2O)CCN1C. The van der Waals surface area contributed by atoms with E-state index in [1.165, 1.54) is 5.57 Å². The Balaban J connectivity index is 1.59. The summed E-state index contributed by atoms with van der Waals surface area (Å²) in [7, 11) is 2.15. The Labute approximate surface area is 159 Å². The van der Waals surface area contributed by atoms with Crippen LogP contribution in [0.5, 0.6) is 11.5 Å². The first kappa shape index (κ1) is 17.5. The minimum atomic E-state index is -0.622. The van der Waals surface area contributed by atoms with Gasteiger partial charge in [0, 0.05) is 24.1 Å². The molecule has 4 aliphatic rings. The smallest absolute Gasteiger partial charge is 0.231 e. The number of hydrogen-bond acceptors (Lipinski definition) is 6. The molecule has 1 fully saturated rings. The summed E-state index contributed by atoms with van der Waals surface area (Å²) >= 11 is 0. The standard InChI is InChI=1S/C21H27NO5/c1-3-4-7-24-21-14-10-17-16(25-11-26-17)9-13(14)18-19-12(5-6-22(19)2)8-15(23)20(18)27-21/h8-10,15,18-21,23H,3-7,11H2,1-2H3/t15-,18-,19+,20+,21-/m0/s1. The molecular formula is C21H27NO5. The van der Waals surface area contributed by atoms with Crippen LogP contribution in [0.1, 0.15) is 49.5 Å². The Hall–Kier alpha value is -1.60. The van der Waals surface area contributed by atoms with Crippen LogP contribution >= 0.6 is 0 Å². The summed E-state index contributed by atoms with van der Waals surface area (Å²) in [6.07, 6.45) is 3.61. The molecule has 1 aliphatic carbocycles. The van der Waals surface area contributed by atoms with Gasteiger partial charge in [0.15, 0.2) is 17.8 Å². The van der Waals surface area contributed by atoms with E-state index in [9.17, 15) is 5.11 Å². The second kappa shape index (κ2) is 6.78. The molecule has 0 saturated carbocycles. The van der Waals surface area contributed by atoms with E-state index in [1.54, 1.807) is 0 Å². The van der Waals surface area contributed by atoms with Gasteiger partial charge < -0.3 is 24.1 Å². The number of rotatable bonds is 4. The van der Waals surface area contributed by atoms with Crippen LogP contribution in [-0.2, 0) is 9.47 Å². The number of likely N-dealkylation sites (tertiary alicyclic amines) is 1. The van der Waals surface area contributed by atoms with Crippen LogP contribution in [0.2, 0.25) is 0 Å². The van der Waals surface area contributed by atoms with E-state index < -0.39 is 12.4 Å². The molecule has 146 valence electrons. The van der Waals surface area contributed by atoms with E-state index in [1.807, 2.05) is 12.1 Å². The van der Waals surface area contributed by atoms with Crippen molar-refractivity contribution < 1.29 is 24.1 Å². The normalized spacial score (nSPS) is 34.0. The maximum absolute atomic E-state index is 10.8. The minimum Gasteiger partial charge on any atom is -0.454 e. The molecule has 1 aromatic rings. The van der Waals surface area contributed by atoms with Crippen molar-refractivity contribution in [2.24, 2.45) is 0 Å². The predicted molar refractivity (Wildman–Crippen MR) is 98.9 cm³/mol. The quantitative estimate of drug-likeness (QED) is 0.647. The highest BCUT2D eigenvalue weighted by atomic mass is 16.7.